The van der Waals surface area contributed by atoms with Gasteiger partial charge >= 0.3 is 0 Å². The number of likely N-dealkylation sites (N-methyl/N-ethyl adjacent to an activating group) is 2. The summed E-state index contributed by atoms with van der Waals surface area (Å²) in [6, 6.07) is 5.26. The molecule has 12 heteroatoms. The summed E-state index contributed by atoms with van der Waals surface area (Å²) >= 11 is 0. The number of nitrogen functional groups attached to an aromatic ring is 1. The molecule has 0 aliphatic heterocycles. The Labute approximate surface area is 209 Å². The molecule has 0 spiro atoms. The normalized spacial score (nSPS) is 10.6. The highest BCUT2D eigenvalue weighted by Crippen LogP contribution is 2.38. The van der Waals surface area contributed by atoms with E-state index >= 15 is 0 Å². The zero-order valence-corrected chi connectivity index (χ0v) is 20.7. The molecule has 0 saturated heterocycles. The van der Waals surface area contributed by atoms with Crippen molar-refractivity contribution in [3.05, 3.63) is 48.9 Å². The van der Waals surface area contributed by atoms with E-state index < -0.39 is 0 Å². The average molecular weight is 491 g/mol. The van der Waals surface area contributed by atoms with Gasteiger partial charge in [-0.2, -0.15) is 4.98 Å². The van der Waals surface area contributed by atoms with Gasteiger partial charge in [0.1, 0.15) is 17.9 Å². The monoisotopic (exact) mass is 490 g/mol. The number of hydrogen-bond acceptors (Lipinski definition) is 11. The van der Waals surface area contributed by atoms with E-state index in [2.05, 4.69) is 42.0 Å². The first-order valence-corrected chi connectivity index (χ1v) is 11.0. The zero-order chi connectivity index (χ0) is 26.2. The van der Waals surface area contributed by atoms with Crippen molar-refractivity contribution in [2.45, 2.75) is 0 Å². The number of carbonyl (C=O) groups is 1. The number of carbonyl (C=O) groups excluding carboxylic acids is 1. The maximum atomic E-state index is 12.2. The van der Waals surface area contributed by atoms with Gasteiger partial charge < -0.3 is 36.3 Å². The van der Waals surface area contributed by atoms with E-state index in [-0.39, 0.29) is 17.7 Å². The number of methoxy groups -OCH3 is 1. The Hall–Kier alpha value is -4.58. The lowest BCUT2D eigenvalue weighted by Crippen LogP contribution is -2.29. The number of amides is 1. The molecular weight excluding hydrogens is 460 g/mol. The lowest BCUT2D eigenvalue weighted by Gasteiger charge is -2.25. The number of anilines is 5. The molecular formula is C24H30N10O2. The third-order valence-electron chi connectivity index (χ3n) is 5.24. The number of nitrogens with two attached hydrogens (primary N) is 1. The van der Waals surface area contributed by atoms with Crippen molar-refractivity contribution in [2.75, 3.05) is 62.6 Å². The fourth-order valence-electron chi connectivity index (χ4n) is 3.25. The smallest absolute Gasteiger partial charge is 0.247 e. The number of pyridine rings is 1. The van der Waals surface area contributed by atoms with E-state index in [4.69, 9.17) is 15.9 Å². The number of rotatable bonds is 11. The van der Waals surface area contributed by atoms with Gasteiger partial charge in [0.2, 0.25) is 11.9 Å². The van der Waals surface area contributed by atoms with Crippen LogP contribution in [0.3, 0.4) is 0 Å². The third-order valence-corrected chi connectivity index (χ3v) is 5.24. The molecule has 1 aromatic carbocycles. The Bertz CT molecular complexity index is 1260. The number of nitrogens with one attached hydrogen (secondary N) is 3. The molecule has 188 valence electrons. The predicted octanol–water partition coefficient (Wildman–Crippen LogP) is 2.39. The fourth-order valence-corrected chi connectivity index (χ4v) is 3.25. The Morgan fingerprint density at radius 1 is 1.17 bits per heavy atom. The van der Waals surface area contributed by atoms with Crippen LogP contribution in [0, 0.1) is 5.41 Å². The molecule has 0 radical (unpaired) electrons. The van der Waals surface area contributed by atoms with E-state index in [0.717, 1.165) is 25.0 Å². The van der Waals surface area contributed by atoms with Crippen LogP contribution in [0.2, 0.25) is 0 Å². The summed E-state index contributed by atoms with van der Waals surface area (Å²) in [5, 5.41) is 13.5. The van der Waals surface area contributed by atoms with Crippen molar-refractivity contribution < 1.29 is 9.53 Å². The second-order valence-corrected chi connectivity index (χ2v) is 8.09. The summed E-state index contributed by atoms with van der Waals surface area (Å²) in [5.41, 5.74) is 8.70. The van der Waals surface area contributed by atoms with Crippen molar-refractivity contribution >= 4 is 41.0 Å². The highest BCUT2D eigenvalue weighted by atomic mass is 16.5. The van der Waals surface area contributed by atoms with Gasteiger partial charge in [0.25, 0.3) is 0 Å². The predicted molar refractivity (Wildman–Crippen MR) is 142 cm³/mol. The molecule has 5 N–H and O–H groups in total. The van der Waals surface area contributed by atoms with E-state index in [9.17, 15) is 4.79 Å². The standard InChI is InChI=1S/C24H30N10O2/c1-6-21(35)30-17-10-18(20(36-5)11-19(17)34(4)8-7-33(2)3)31-24-29-14-28-23(32-24)16-9-15(12-25)22(26)27-13-16/h6,9-14,25H,1,7-8H2,2-5H3,(H2,26,27)(H,30,35)(H,28,29,31,32). The lowest BCUT2D eigenvalue weighted by molar-refractivity contribution is -0.111. The van der Waals surface area contributed by atoms with Gasteiger partial charge in [-0.1, -0.05) is 6.58 Å². The molecule has 0 aliphatic rings. The maximum Gasteiger partial charge on any atom is 0.247 e. The molecule has 12 nitrogen and oxygen atoms in total. The molecule has 2 aromatic heterocycles. The molecule has 2 heterocycles. The van der Waals surface area contributed by atoms with Crippen LogP contribution in [-0.4, -0.2) is 78.3 Å². The summed E-state index contributed by atoms with van der Waals surface area (Å²) in [7, 11) is 7.49. The Morgan fingerprint density at radius 2 is 1.94 bits per heavy atom. The van der Waals surface area contributed by atoms with Crippen LogP contribution in [0.1, 0.15) is 5.56 Å². The zero-order valence-electron chi connectivity index (χ0n) is 20.7. The average Bonchev–Trinajstić information content (AvgIpc) is 2.87. The maximum absolute atomic E-state index is 12.2. The van der Waals surface area contributed by atoms with E-state index in [0.29, 0.717) is 34.1 Å². The van der Waals surface area contributed by atoms with Crippen LogP contribution < -0.4 is 26.0 Å². The van der Waals surface area contributed by atoms with Crippen LogP contribution in [0.4, 0.5) is 28.8 Å². The Morgan fingerprint density at radius 3 is 2.61 bits per heavy atom. The molecule has 3 aromatic rings. The van der Waals surface area contributed by atoms with Crippen LogP contribution in [0.5, 0.6) is 5.75 Å². The van der Waals surface area contributed by atoms with Gasteiger partial charge in [0.05, 0.1) is 24.2 Å². The Kier molecular flexibility index (Phi) is 8.47. The number of benzene rings is 1. The first kappa shape index (κ1) is 26.0. The van der Waals surface area contributed by atoms with Crippen LogP contribution in [0.15, 0.2) is 43.4 Å². The van der Waals surface area contributed by atoms with E-state index in [1.165, 1.54) is 18.6 Å². The molecule has 0 fully saturated rings. The molecule has 1 amide bonds. The summed E-state index contributed by atoms with van der Waals surface area (Å²) < 4.78 is 5.63. The molecule has 0 aliphatic carbocycles. The first-order chi connectivity index (χ1) is 17.2. The molecule has 0 bridgehead atoms. The molecule has 0 saturated carbocycles. The van der Waals surface area contributed by atoms with Gasteiger partial charge in [-0.25, -0.2) is 15.0 Å². The van der Waals surface area contributed by atoms with Crippen molar-refractivity contribution in [1.29, 1.82) is 5.41 Å². The van der Waals surface area contributed by atoms with Crippen molar-refractivity contribution in [3.8, 4) is 17.1 Å². The lowest BCUT2D eigenvalue weighted by atomic mass is 10.2. The summed E-state index contributed by atoms with van der Waals surface area (Å²) in [4.78, 5) is 33.2. The van der Waals surface area contributed by atoms with Gasteiger partial charge in [-0.3, -0.25) is 4.79 Å². The third kappa shape index (κ3) is 6.30. The minimum absolute atomic E-state index is 0.246. The van der Waals surface area contributed by atoms with Crippen LogP contribution in [0.25, 0.3) is 11.4 Å². The number of ether oxygens (including phenoxy) is 1. The number of aromatic nitrogens is 4. The first-order valence-electron chi connectivity index (χ1n) is 11.0. The fraction of sp³-hybridized carbons (Fsp3) is 0.250. The minimum Gasteiger partial charge on any atom is -0.494 e. The highest BCUT2D eigenvalue weighted by Gasteiger charge is 2.17. The van der Waals surface area contributed by atoms with Crippen LogP contribution >= 0.6 is 0 Å². The number of hydrogen-bond donors (Lipinski definition) is 4. The van der Waals surface area contributed by atoms with Crippen molar-refractivity contribution in [1.82, 2.24) is 24.8 Å². The minimum atomic E-state index is -0.339. The van der Waals surface area contributed by atoms with Gasteiger partial charge in [0.15, 0.2) is 5.82 Å². The summed E-state index contributed by atoms with van der Waals surface area (Å²) in [6.07, 6.45) is 5.22. The second kappa shape index (κ2) is 11.7. The molecule has 0 unspecified atom stereocenters. The molecule has 36 heavy (non-hydrogen) atoms. The van der Waals surface area contributed by atoms with Crippen molar-refractivity contribution in [2.24, 2.45) is 0 Å². The second-order valence-electron chi connectivity index (χ2n) is 8.09. The molecule has 0 atom stereocenters. The topological polar surface area (TPSA) is 158 Å². The SMILES string of the molecule is C=CC(=O)Nc1cc(Nc2ncnc(-c3cnc(N)c(C=N)c3)n2)c(OC)cc1N(C)CCN(C)C. The van der Waals surface area contributed by atoms with Gasteiger partial charge in [-0.15, -0.1) is 0 Å². The summed E-state index contributed by atoms with van der Waals surface area (Å²) in [6.45, 7) is 5.09. The highest BCUT2D eigenvalue weighted by molar-refractivity contribution is 6.02. The van der Waals surface area contributed by atoms with E-state index in [1.807, 2.05) is 32.1 Å². The quantitative estimate of drug-likeness (QED) is 0.232. The largest absolute Gasteiger partial charge is 0.494 e. The number of nitrogens with zero attached hydrogens (tertiary/aromatic N) is 6. The van der Waals surface area contributed by atoms with Crippen LogP contribution in [-0.2, 0) is 4.79 Å². The Balaban J connectivity index is 1.98. The van der Waals surface area contributed by atoms with E-state index in [1.54, 1.807) is 19.2 Å². The summed E-state index contributed by atoms with van der Waals surface area (Å²) in [5.74, 6) is 1.04. The van der Waals surface area contributed by atoms with Crippen molar-refractivity contribution in [3.63, 3.8) is 0 Å². The van der Waals surface area contributed by atoms with Gasteiger partial charge in [-0.05, 0) is 32.3 Å². The van der Waals surface area contributed by atoms with Gasteiger partial charge in [0, 0.05) is 49.7 Å². The molecule has 3 rings (SSSR count).